The summed E-state index contributed by atoms with van der Waals surface area (Å²) in [6, 6.07) is 4.13. The second-order valence-electron chi connectivity index (χ2n) is 4.51. The Balaban J connectivity index is 2.35. The average molecular weight is 222 g/mol. The summed E-state index contributed by atoms with van der Waals surface area (Å²) < 4.78 is 13.2. The number of nitrogens with one attached hydrogen (secondary N) is 2. The van der Waals surface area contributed by atoms with Gasteiger partial charge in [0.25, 0.3) is 0 Å². The van der Waals surface area contributed by atoms with Crippen molar-refractivity contribution in [3.63, 3.8) is 0 Å². The maximum absolute atomic E-state index is 13.2. The largest absolute Gasteiger partial charge is 0.331 e. The molecule has 2 amide bonds. The van der Waals surface area contributed by atoms with Crippen LogP contribution in [0.1, 0.15) is 31.9 Å². The summed E-state index contributed by atoms with van der Waals surface area (Å²) in [7, 11) is 0. The summed E-state index contributed by atoms with van der Waals surface area (Å²) in [6.45, 7) is 4.15. The fourth-order valence-corrected chi connectivity index (χ4v) is 1.99. The van der Waals surface area contributed by atoms with Gasteiger partial charge in [0, 0.05) is 11.3 Å². The summed E-state index contributed by atoms with van der Waals surface area (Å²) in [5, 5.41) is 5.49. The fraction of sp³-hybridized carbons (Fsp3) is 0.417. The Morgan fingerprint density at radius 2 is 2.19 bits per heavy atom. The molecule has 86 valence electrons. The summed E-state index contributed by atoms with van der Waals surface area (Å²) >= 11 is 0. The minimum atomic E-state index is -0.273. The lowest BCUT2D eigenvalue weighted by molar-refractivity contribution is 0.245. The molecule has 2 rings (SSSR count). The Hall–Kier alpha value is -1.58. The minimum absolute atomic E-state index is 0.0977. The van der Waals surface area contributed by atoms with Crippen molar-refractivity contribution in [2.45, 2.75) is 26.3 Å². The molecule has 0 bridgehead atoms. The molecule has 0 aliphatic carbocycles. The van der Waals surface area contributed by atoms with Crippen molar-refractivity contribution in [1.82, 2.24) is 5.32 Å². The fourth-order valence-electron chi connectivity index (χ4n) is 1.99. The van der Waals surface area contributed by atoms with E-state index in [1.165, 1.54) is 12.1 Å². The van der Waals surface area contributed by atoms with Crippen LogP contribution < -0.4 is 10.6 Å². The SMILES string of the molecule is CC(C)CC1NC(=O)Nc2ccc(F)cc21. The number of anilines is 1. The van der Waals surface area contributed by atoms with Gasteiger partial charge in [-0.1, -0.05) is 13.8 Å². The third-order valence-corrected chi connectivity index (χ3v) is 2.65. The Labute approximate surface area is 94.0 Å². The van der Waals surface area contributed by atoms with Crippen LogP contribution >= 0.6 is 0 Å². The normalized spacial score (nSPS) is 19.0. The van der Waals surface area contributed by atoms with E-state index < -0.39 is 0 Å². The van der Waals surface area contributed by atoms with Gasteiger partial charge in [0.15, 0.2) is 0 Å². The molecule has 0 saturated carbocycles. The Bertz CT molecular complexity index is 417. The Kier molecular flexibility index (Phi) is 2.81. The van der Waals surface area contributed by atoms with Crippen LogP contribution in [0.5, 0.6) is 0 Å². The summed E-state index contributed by atoms with van der Waals surface area (Å²) in [4.78, 5) is 11.4. The van der Waals surface area contributed by atoms with Crippen molar-refractivity contribution >= 4 is 11.7 Å². The lowest BCUT2D eigenvalue weighted by Crippen LogP contribution is -2.38. The van der Waals surface area contributed by atoms with Crippen LogP contribution in [0.4, 0.5) is 14.9 Å². The van der Waals surface area contributed by atoms with E-state index in [1.54, 1.807) is 6.07 Å². The van der Waals surface area contributed by atoms with Gasteiger partial charge >= 0.3 is 6.03 Å². The van der Waals surface area contributed by atoms with E-state index in [4.69, 9.17) is 0 Å². The lowest BCUT2D eigenvalue weighted by atomic mass is 9.94. The molecule has 1 aliphatic rings. The van der Waals surface area contributed by atoms with Crippen LogP contribution in [0.2, 0.25) is 0 Å². The number of hydrogen-bond donors (Lipinski definition) is 2. The number of hydrogen-bond acceptors (Lipinski definition) is 1. The molecule has 1 unspecified atom stereocenters. The van der Waals surface area contributed by atoms with Gasteiger partial charge in [-0.05, 0) is 30.5 Å². The molecule has 0 spiro atoms. The number of benzene rings is 1. The van der Waals surface area contributed by atoms with Gasteiger partial charge < -0.3 is 10.6 Å². The quantitative estimate of drug-likeness (QED) is 0.793. The number of carbonyl (C=O) groups is 1. The maximum atomic E-state index is 13.2. The smallest absolute Gasteiger partial charge is 0.319 e. The first-order chi connectivity index (χ1) is 7.56. The average Bonchev–Trinajstić information content (AvgIpc) is 2.18. The first kappa shape index (κ1) is 10.9. The molecule has 1 aromatic rings. The molecule has 3 nitrogen and oxygen atoms in total. The van der Waals surface area contributed by atoms with Crippen molar-refractivity contribution < 1.29 is 9.18 Å². The van der Waals surface area contributed by atoms with Gasteiger partial charge in [-0.15, -0.1) is 0 Å². The summed E-state index contributed by atoms with van der Waals surface area (Å²) in [5.41, 5.74) is 1.53. The van der Waals surface area contributed by atoms with Gasteiger partial charge in [-0.2, -0.15) is 0 Å². The van der Waals surface area contributed by atoms with E-state index in [9.17, 15) is 9.18 Å². The van der Waals surface area contributed by atoms with E-state index in [1.807, 2.05) is 0 Å². The highest BCUT2D eigenvalue weighted by Gasteiger charge is 2.24. The van der Waals surface area contributed by atoms with Crippen LogP contribution in [0.25, 0.3) is 0 Å². The van der Waals surface area contributed by atoms with Crippen LogP contribution in [-0.4, -0.2) is 6.03 Å². The third-order valence-electron chi connectivity index (χ3n) is 2.65. The first-order valence-corrected chi connectivity index (χ1v) is 5.43. The van der Waals surface area contributed by atoms with E-state index >= 15 is 0 Å². The van der Waals surface area contributed by atoms with Crippen LogP contribution in [-0.2, 0) is 0 Å². The third kappa shape index (κ3) is 2.15. The van der Waals surface area contributed by atoms with Crippen molar-refractivity contribution in [2.75, 3.05) is 5.32 Å². The van der Waals surface area contributed by atoms with Gasteiger partial charge in [0.1, 0.15) is 5.82 Å². The molecule has 2 N–H and O–H groups in total. The second-order valence-corrected chi connectivity index (χ2v) is 4.51. The summed E-state index contributed by atoms with van der Waals surface area (Å²) in [5.74, 6) is 0.171. The van der Waals surface area contributed by atoms with Gasteiger partial charge in [0.05, 0.1) is 6.04 Å². The lowest BCUT2D eigenvalue weighted by Gasteiger charge is -2.28. The highest BCUT2D eigenvalue weighted by Crippen LogP contribution is 2.31. The van der Waals surface area contributed by atoms with E-state index in [0.29, 0.717) is 11.6 Å². The molecular formula is C12H15FN2O. The number of rotatable bonds is 2. The highest BCUT2D eigenvalue weighted by molar-refractivity contribution is 5.92. The molecule has 16 heavy (non-hydrogen) atoms. The van der Waals surface area contributed by atoms with Gasteiger partial charge in [0.2, 0.25) is 0 Å². The molecule has 0 fully saturated rings. The number of fused-ring (bicyclic) bond motifs is 1. The topological polar surface area (TPSA) is 41.1 Å². The van der Waals surface area contributed by atoms with Crippen molar-refractivity contribution in [3.8, 4) is 0 Å². The zero-order valence-corrected chi connectivity index (χ0v) is 9.38. The molecule has 1 aromatic carbocycles. The molecule has 1 atom stereocenters. The summed E-state index contributed by atoms with van der Waals surface area (Å²) in [6.07, 6.45) is 0.809. The molecule has 4 heteroatoms. The van der Waals surface area contributed by atoms with E-state index in [0.717, 1.165) is 12.0 Å². The predicted molar refractivity (Wildman–Crippen MR) is 60.8 cm³/mol. The highest BCUT2D eigenvalue weighted by atomic mass is 19.1. The van der Waals surface area contributed by atoms with Crippen molar-refractivity contribution in [2.24, 2.45) is 5.92 Å². The van der Waals surface area contributed by atoms with E-state index in [-0.39, 0.29) is 17.9 Å². The minimum Gasteiger partial charge on any atom is -0.331 e. The molecule has 0 radical (unpaired) electrons. The van der Waals surface area contributed by atoms with Crippen molar-refractivity contribution in [1.29, 1.82) is 0 Å². The molecule has 1 heterocycles. The van der Waals surface area contributed by atoms with E-state index in [2.05, 4.69) is 24.5 Å². The molecular weight excluding hydrogens is 207 g/mol. The van der Waals surface area contributed by atoms with Gasteiger partial charge in [-0.25, -0.2) is 9.18 Å². The standard InChI is InChI=1S/C12H15FN2O/c1-7(2)5-11-9-6-8(13)3-4-10(9)14-12(16)15-11/h3-4,6-7,11H,5H2,1-2H3,(H2,14,15,16). The molecule has 0 saturated heterocycles. The zero-order chi connectivity index (χ0) is 11.7. The Morgan fingerprint density at radius 3 is 2.88 bits per heavy atom. The second kappa shape index (κ2) is 4.12. The molecule has 1 aliphatic heterocycles. The zero-order valence-electron chi connectivity index (χ0n) is 9.38. The Morgan fingerprint density at radius 1 is 1.44 bits per heavy atom. The van der Waals surface area contributed by atoms with Gasteiger partial charge in [-0.3, -0.25) is 0 Å². The number of carbonyl (C=O) groups excluding carboxylic acids is 1. The maximum Gasteiger partial charge on any atom is 0.319 e. The van der Waals surface area contributed by atoms with Crippen molar-refractivity contribution in [3.05, 3.63) is 29.6 Å². The predicted octanol–water partition coefficient (Wildman–Crippen LogP) is 3.05. The van der Waals surface area contributed by atoms with Crippen LogP contribution in [0.15, 0.2) is 18.2 Å². The number of urea groups is 1. The van der Waals surface area contributed by atoms with Crippen LogP contribution in [0.3, 0.4) is 0 Å². The number of amides is 2. The first-order valence-electron chi connectivity index (χ1n) is 5.43. The van der Waals surface area contributed by atoms with Crippen LogP contribution in [0, 0.1) is 11.7 Å². The number of halogens is 1. The molecule has 0 aromatic heterocycles. The monoisotopic (exact) mass is 222 g/mol.